The van der Waals surface area contributed by atoms with Crippen molar-refractivity contribution in [2.24, 2.45) is 5.92 Å². The van der Waals surface area contributed by atoms with Gasteiger partial charge in [-0.3, -0.25) is 4.79 Å². The van der Waals surface area contributed by atoms with Crippen molar-refractivity contribution in [2.75, 3.05) is 6.54 Å². The Morgan fingerprint density at radius 2 is 2.40 bits per heavy atom. The molecular formula is C10H11BrClNO2. The summed E-state index contributed by atoms with van der Waals surface area (Å²) >= 11 is 9.11. The van der Waals surface area contributed by atoms with Crippen LogP contribution in [0.1, 0.15) is 23.4 Å². The molecule has 1 atom stereocenters. The number of carbonyl (C=O) groups is 1. The molecule has 1 aromatic rings. The van der Waals surface area contributed by atoms with Gasteiger partial charge >= 0.3 is 0 Å². The Balaban J connectivity index is 1.81. The molecule has 1 aliphatic carbocycles. The zero-order valence-electron chi connectivity index (χ0n) is 8.00. The Morgan fingerprint density at radius 1 is 1.67 bits per heavy atom. The van der Waals surface area contributed by atoms with E-state index in [9.17, 15) is 4.79 Å². The van der Waals surface area contributed by atoms with Crippen LogP contribution in [0, 0.1) is 5.92 Å². The van der Waals surface area contributed by atoms with Gasteiger partial charge in [0.25, 0.3) is 5.91 Å². The van der Waals surface area contributed by atoms with Crippen LogP contribution in [0.5, 0.6) is 0 Å². The van der Waals surface area contributed by atoms with Crippen molar-refractivity contribution in [3.05, 3.63) is 23.1 Å². The minimum absolute atomic E-state index is 0.216. The summed E-state index contributed by atoms with van der Waals surface area (Å²) in [5, 5.41) is 3.03. The number of furan rings is 1. The third-order valence-electron chi connectivity index (χ3n) is 2.39. The Labute approximate surface area is 101 Å². The number of hydrogen-bond acceptors (Lipinski definition) is 2. The van der Waals surface area contributed by atoms with Crippen LogP contribution in [0.2, 0.25) is 5.22 Å². The van der Waals surface area contributed by atoms with Gasteiger partial charge in [0, 0.05) is 11.4 Å². The van der Waals surface area contributed by atoms with E-state index in [0.29, 0.717) is 17.3 Å². The largest absolute Gasteiger partial charge is 0.440 e. The molecule has 1 aromatic heterocycles. The SMILES string of the molecule is O=C(NCC(Br)C1CC1)c1ccc(Cl)o1. The molecule has 3 nitrogen and oxygen atoms in total. The van der Waals surface area contributed by atoms with Crippen LogP contribution in [0.4, 0.5) is 0 Å². The molecule has 5 heteroatoms. The quantitative estimate of drug-likeness (QED) is 0.867. The van der Waals surface area contributed by atoms with Crippen LogP contribution in [0.15, 0.2) is 16.5 Å². The number of carbonyl (C=O) groups excluding carboxylic acids is 1. The molecule has 1 aliphatic rings. The van der Waals surface area contributed by atoms with Crippen LogP contribution in [-0.2, 0) is 0 Å². The van der Waals surface area contributed by atoms with Crippen LogP contribution in [-0.4, -0.2) is 17.3 Å². The van der Waals surface area contributed by atoms with Crippen molar-refractivity contribution in [3.8, 4) is 0 Å². The highest BCUT2D eigenvalue weighted by molar-refractivity contribution is 9.09. The zero-order valence-corrected chi connectivity index (χ0v) is 10.3. The minimum atomic E-state index is -0.216. The molecule has 1 unspecified atom stereocenters. The normalized spacial score (nSPS) is 17.5. The van der Waals surface area contributed by atoms with Gasteiger partial charge in [0.15, 0.2) is 11.0 Å². The summed E-state index contributed by atoms with van der Waals surface area (Å²) in [4.78, 5) is 11.9. The number of amides is 1. The molecule has 0 radical (unpaired) electrons. The molecule has 0 saturated heterocycles. The van der Waals surface area contributed by atoms with E-state index < -0.39 is 0 Å². The molecule has 1 fully saturated rings. The maximum Gasteiger partial charge on any atom is 0.287 e. The highest BCUT2D eigenvalue weighted by Gasteiger charge is 2.29. The molecule has 1 N–H and O–H groups in total. The van der Waals surface area contributed by atoms with Gasteiger partial charge < -0.3 is 9.73 Å². The molecule has 0 bridgehead atoms. The Morgan fingerprint density at radius 3 is 2.93 bits per heavy atom. The molecule has 0 aromatic carbocycles. The van der Waals surface area contributed by atoms with Crippen LogP contribution >= 0.6 is 27.5 Å². The molecule has 82 valence electrons. The van der Waals surface area contributed by atoms with E-state index in [1.807, 2.05) is 0 Å². The summed E-state index contributed by atoms with van der Waals surface area (Å²) < 4.78 is 4.99. The molecule has 0 aliphatic heterocycles. The van der Waals surface area contributed by atoms with Gasteiger partial charge in [0.05, 0.1) is 0 Å². The van der Waals surface area contributed by atoms with E-state index >= 15 is 0 Å². The van der Waals surface area contributed by atoms with Gasteiger partial charge in [-0.15, -0.1) is 0 Å². The Hall–Kier alpha value is -0.480. The van der Waals surface area contributed by atoms with Crippen LogP contribution in [0.25, 0.3) is 0 Å². The fraction of sp³-hybridized carbons (Fsp3) is 0.500. The number of hydrogen-bond donors (Lipinski definition) is 1. The van der Waals surface area contributed by atoms with Gasteiger partial charge in [-0.25, -0.2) is 0 Å². The summed E-state index contributed by atoms with van der Waals surface area (Å²) in [5.74, 6) is 0.757. The minimum Gasteiger partial charge on any atom is -0.440 e. The van der Waals surface area contributed by atoms with E-state index in [1.54, 1.807) is 12.1 Å². The first kappa shape index (κ1) is 11.0. The average Bonchev–Trinajstić information content (AvgIpc) is 2.97. The maximum atomic E-state index is 11.5. The molecule has 1 heterocycles. The van der Waals surface area contributed by atoms with E-state index in [-0.39, 0.29) is 16.9 Å². The average molecular weight is 293 g/mol. The predicted octanol–water partition coefficient (Wildman–Crippen LogP) is 2.84. The maximum absolute atomic E-state index is 11.5. The molecule has 15 heavy (non-hydrogen) atoms. The second-order valence-electron chi connectivity index (χ2n) is 3.67. The second-order valence-corrected chi connectivity index (χ2v) is 5.22. The number of halogens is 2. The molecule has 1 amide bonds. The number of rotatable bonds is 4. The third kappa shape index (κ3) is 2.98. The monoisotopic (exact) mass is 291 g/mol. The second kappa shape index (κ2) is 4.58. The van der Waals surface area contributed by atoms with Crippen molar-refractivity contribution < 1.29 is 9.21 Å². The summed E-state index contributed by atoms with van der Waals surface area (Å²) in [6, 6.07) is 3.13. The fourth-order valence-corrected chi connectivity index (χ4v) is 2.17. The number of alkyl halides is 1. The Bertz CT molecular complexity index is 362. The van der Waals surface area contributed by atoms with Crippen molar-refractivity contribution in [1.29, 1.82) is 0 Å². The lowest BCUT2D eigenvalue weighted by Gasteiger charge is -2.08. The summed E-state index contributed by atoms with van der Waals surface area (Å²) in [6.45, 7) is 0.627. The third-order valence-corrected chi connectivity index (χ3v) is 3.66. The molecule has 2 rings (SSSR count). The van der Waals surface area contributed by atoms with Crippen LogP contribution in [0.3, 0.4) is 0 Å². The van der Waals surface area contributed by atoms with Crippen molar-refractivity contribution in [3.63, 3.8) is 0 Å². The first-order chi connectivity index (χ1) is 7.16. The Kier molecular flexibility index (Phi) is 3.36. The fourth-order valence-electron chi connectivity index (χ4n) is 1.34. The standard InChI is InChI=1S/C10H11BrClNO2/c11-7(6-1-2-6)5-13-10(14)8-3-4-9(12)15-8/h3-4,6-7H,1-2,5H2,(H,13,14). The van der Waals surface area contributed by atoms with E-state index in [0.717, 1.165) is 0 Å². The van der Waals surface area contributed by atoms with E-state index in [2.05, 4.69) is 21.2 Å². The number of nitrogens with one attached hydrogen (secondary N) is 1. The molecular weight excluding hydrogens is 281 g/mol. The first-order valence-corrected chi connectivity index (χ1v) is 6.14. The van der Waals surface area contributed by atoms with Crippen molar-refractivity contribution >= 4 is 33.4 Å². The van der Waals surface area contributed by atoms with E-state index in [4.69, 9.17) is 16.0 Å². The highest BCUT2D eigenvalue weighted by Crippen LogP contribution is 2.36. The first-order valence-electron chi connectivity index (χ1n) is 4.84. The lowest BCUT2D eigenvalue weighted by molar-refractivity contribution is 0.0926. The van der Waals surface area contributed by atoms with Gasteiger partial charge in [-0.1, -0.05) is 15.9 Å². The smallest absolute Gasteiger partial charge is 0.287 e. The highest BCUT2D eigenvalue weighted by atomic mass is 79.9. The van der Waals surface area contributed by atoms with Crippen molar-refractivity contribution in [1.82, 2.24) is 5.32 Å². The predicted molar refractivity (Wildman–Crippen MR) is 61.5 cm³/mol. The van der Waals surface area contributed by atoms with E-state index in [1.165, 1.54) is 12.8 Å². The molecule has 1 saturated carbocycles. The summed E-state index contributed by atoms with van der Waals surface area (Å²) in [7, 11) is 0. The summed E-state index contributed by atoms with van der Waals surface area (Å²) in [6.07, 6.45) is 2.50. The van der Waals surface area contributed by atoms with Gasteiger partial charge in [-0.2, -0.15) is 0 Å². The molecule has 0 spiro atoms. The lowest BCUT2D eigenvalue weighted by Crippen LogP contribution is -2.30. The van der Waals surface area contributed by atoms with Gasteiger partial charge in [0.2, 0.25) is 0 Å². The summed E-state index contributed by atoms with van der Waals surface area (Å²) in [5.41, 5.74) is 0. The lowest BCUT2D eigenvalue weighted by atomic mass is 10.3. The van der Waals surface area contributed by atoms with Gasteiger partial charge in [-0.05, 0) is 42.5 Å². The van der Waals surface area contributed by atoms with Gasteiger partial charge in [0.1, 0.15) is 0 Å². The topological polar surface area (TPSA) is 42.2 Å². The van der Waals surface area contributed by atoms with Crippen LogP contribution < -0.4 is 5.32 Å². The van der Waals surface area contributed by atoms with Crippen molar-refractivity contribution in [2.45, 2.75) is 17.7 Å². The zero-order chi connectivity index (χ0) is 10.8.